The van der Waals surface area contributed by atoms with Crippen molar-refractivity contribution in [3.63, 3.8) is 0 Å². The van der Waals surface area contributed by atoms with E-state index in [0.717, 1.165) is 42.0 Å². The molecule has 0 bridgehead atoms. The fourth-order valence-electron chi connectivity index (χ4n) is 3.91. The van der Waals surface area contributed by atoms with Crippen molar-refractivity contribution in [3.05, 3.63) is 63.6 Å². The summed E-state index contributed by atoms with van der Waals surface area (Å²) in [5, 5.41) is 9.16. The third kappa shape index (κ3) is 4.06. The molecule has 7 nitrogen and oxygen atoms in total. The first-order valence-corrected chi connectivity index (χ1v) is 11.1. The Balaban J connectivity index is 1.41. The maximum atomic E-state index is 12.9. The molecule has 1 aliphatic rings. The number of carbonyl (C=O) groups excluding carboxylic acids is 1. The van der Waals surface area contributed by atoms with Gasteiger partial charge in [0.05, 0.1) is 15.9 Å². The quantitative estimate of drug-likeness (QED) is 0.572. The Labute approximate surface area is 185 Å². The summed E-state index contributed by atoms with van der Waals surface area (Å²) in [7, 11) is 0. The summed E-state index contributed by atoms with van der Waals surface area (Å²) in [6.07, 6.45) is 1.86. The average Bonchev–Trinajstić information content (AvgIpc) is 3.28. The zero-order valence-corrected chi connectivity index (χ0v) is 19.3. The molecule has 30 heavy (non-hydrogen) atoms. The summed E-state index contributed by atoms with van der Waals surface area (Å²) >= 11 is 3.47. The van der Waals surface area contributed by atoms with Crippen molar-refractivity contribution in [1.82, 2.24) is 29.4 Å². The number of aromatic nitrogens is 4. The monoisotopic (exact) mass is 470 g/mol. The van der Waals surface area contributed by atoms with E-state index in [2.05, 4.69) is 51.9 Å². The van der Waals surface area contributed by atoms with Crippen molar-refractivity contribution in [2.24, 2.45) is 0 Å². The van der Waals surface area contributed by atoms with Crippen molar-refractivity contribution >= 4 is 21.8 Å². The molecule has 0 spiro atoms. The Morgan fingerprint density at radius 1 is 1.07 bits per heavy atom. The summed E-state index contributed by atoms with van der Waals surface area (Å²) in [5.74, 6) is -0.00187. The third-order valence-corrected chi connectivity index (χ3v) is 6.31. The minimum Gasteiger partial charge on any atom is -0.335 e. The first-order chi connectivity index (χ1) is 14.5. The molecule has 1 amide bonds. The van der Waals surface area contributed by atoms with E-state index in [1.54, 1.807) is 4.68 Å². The fourth-order valence-corrected chi connectivity index (χ4v) is 4.40. The van der Waals surface area contributed by atoms with Crippen LogP contribution in [-0.2, 0) is 13.1 Å². The minimum absolute atomic E-state index is 0.00187. The molecular formula is C22H27BrN6O. The van der Waals surface area contributed by atoms with Gasteiger partial charge in [0, 0.05) is 56.7 Å². The second-order valence-corrected chi connectivity index (χ2v) is 8.50. The van der Waals surface area contributed by atoms with E-state index in [9.17, 15) is 4.79 Å². The number of aryl methyl sites for hydroxylation is 2. The van der Waals surface area contributed by atoms with E-state index >= 15 is 0 Å². The zero-order chi connectivity index (χ0) is 21.3. The highest BCUT2D eigenvalue weighted by Crippen LogP contribution is 2.21. The normalized spacial score (nSPS) is 15.0. The SMILES string of the molecule is CCn1cc(Br)c(C(=O)N2CCN(Cc3c(C)nn(-c4ccccc4)c3C)CC2)n1. The highest BCUT2D eigenvalue weighted by atomic mass is 79.9. The molecule has 1 aromatic carbocycles. The minimum atomic E-state index is -0.00187. The lowest BCUT2D eigenvalue weighted by molar-refractivity contribution is 0.0620. The van der Waals surface area contributed by atoms with Crippen LogP contribution in [-0.4, -0.2) is 61.4 Å². The van der Waals surface area contributed by atoms with E-state index in [4.69, 9.17) is 5.10 Å². The number of benzene rings is 1. The summed E-state index contributed by atoms with van der Waals surface area (Å²) < 4.78 is 4.56. The Bertz CT molecular complexity index is 1030. The van der Waals surface area contributed by atoms with E-state index in [0.29, 0.717) is 18.8 Å². The zero-order valence-electron chi connectivity index (χ0n) is 17.7. The van der Waals surface area contributed by atoms with Crippen LogP contribution in [0.1, 0.15) is 34.4 Å². The van der Waals surface area contributed by atoms with Crippen LogP contribution in [0.2, 0.25) is 0 Å². The highest BCUT2D eigenvalue weighted by molar-refractivity contribution is 9.10. The highest BCUT2D eigenvalue weighted by Gasteiger charge is 2.26. The van der Waals surface area contributed by atoms with Crippen LogP contribution in [0.3, 0.4) is 0 Å². The van der Waals surface area contributed by atoms with Crippen molar-refractivity contribution in [1.29, 1.82) is 0 Å². The lowest BCUT2D eigenvalue weighted by atomic mass is 10.1. The number of hydrogen-bond acceptors (Lipinski definition) is 4. The fraction of sp³-hybridized carbons (Fsp3) is 0.409. The van der Waals surface area contributed by atoms with E-state index in [-0.39, 0.29) is 5.91 Å². The van der Waals surface area contributed by atoms with Gasteiger partial charge in [-0.3, -0.25) is 14.4 Å². The molecule has 0 N–H and O–H groups in total. The summed E-state index contributed by atoms with van der Waals surface area (Å²) in [4.78, 5) is 17.2. The van der Waals surface area contributed by atoms with Crippen molar-refractivity contribution in [2.45, 2.75) is 33.9 Å². The molecule has 0 atom stereocenters. The lowest BCUT2D eigenvalue weighted by Gasteiger charge is -2.34. The number of carbonyl (C=O) groups is 1. The molecule has 0 aliphatic carbocycles. The molecule has 0 unspecified atom stereocenters. The van der Waals surface area contributed by atoms with Crippen LogP contribution in [0.4, 0.5) is 0 Å². The molecule has 158 valence electrons. The standard InChI is InChI=1S/C22H27BrN6O/c1-4-28-15-20(23)21(25-28)22(30)27-12-10-26(11-13-27)14-19-16(2)24-29(17(19)3)18-8-6-5-7-9-18/h5-9,15H,4,10-14H2,1-3H3. The Hall–Kier alpha value is -2.45. The number of rotatable bonds is 5. The van der Waals surface area contributed by atoms with Gasteiger partial charge in [0.2, 0.25) is 0 Å². The van der Waals surface area contributed by atoms with Crippen LogP contribution in [0.5, 0.6) is 0 Å². The van der Waals surface area contributed by atoms with Crippen LogP contribution >= 0.6 is 15.9 Å². The smallest absolute Gasteiger partial charge is 0.275 e. The second-order valence-electron chi connectivity index (χ2n) is 7.65. The number of halogens is 1. The maximum Gasteiger partial charge on any atom is 0.275 e. The average molecular weight is 471 g/mol. The van der Waals surface area contributed by atoms with Gasteiger partial charge < -0.3 is 4.90 Å². The predicted octanol–water partition coefficient (Wildman–Crippen LogP) is 3.43. The Kier molecular flexibility index (Phi) is 6.06. The largest absolute Gasteiger partial charge is 0.335 e. The second kappa shape index (κ2) is 8.73. The third-order valence-electron chi connectivity index (χ3n) is 5.73. The Morgan fingerprint density at radius 2 is 1.77 bits per heavy atom. The summed E-state index contributed by atoms with van der Waals surface area (Å²) in [6, 6.07) is 10.2. The number of para-hydroxylation sites is 1. The number of hydrogen-bond donors (Lipinski definition) is 0. The number of piperazine rings is 1. The first-order valence-electron chi connectivity index (χ1n) is 10.3. The molecule has 0 saturated carbocycles. The molecule has 3 heterocycles. The lowest BCUT2D eigenvalue weighted by Crippen LogP contribution is -2.48. The van der Waals surface area contributed by atoms with Crippen LogP contribution in [0.15, 0.2) is 41.0 Å². The maximum absolute atomic E-state index is 12.9. The van der Waals surface area contributed by atoms with Gasteiger partial charge in [0.25, 0.3) is 5.91 Å². The van der Waals surface area contributed by atoms with Crippen molar-refractivity contribution < 1.29 is 4.79 Å². The van der Waals surface area contributed by atoms with Crippen LogP contribution < -0.4 is 0 Å². The predicted molar refractivity (Wildman–Crippen MR) is 120 cm³/mol. The molecule has 0 radical (unpaired) electrons. The Morgan fingerprint density at radius 3 is 2.40 bits per heavy atom. The van der Waals surface area contributed by atoms with Gasteiger partial charge in [-0.2, -0.15) is 10.2 Å². The molecule has 3 aromatic rings. The van der Waals surface area contributed by atoms with Crippen molar-refractivity contribution in [3.8, 4) is 5.69 Å². The van der Waals surface area contributed by atoms with Gasteiger partial charge in [0.15, 0.2) is 5.69 Å². The first kappa shape index (κ1) is 20.8. The van der Waals surface area contributed by atoms with Gasteiger partial charge in [-0.05, 0) is 48.8 Å². The number of amides is 1. The summed E-state index contributed by atoms with van der Waals surface area (Å²) in [5.41, 5.74) is 5.08. The summed E-state index contributed by atoms with van der Waals surface area (Å²) in [6.45, 7) is 10.9. The number of nitrogens with zero attached hydrogens (tertiary/aromatic N) is 6. The molecule has 1 saturated heterocycles. The van der Waals surface area contributed by atoms with Gasteiger partial charge in [-0.25, -0.2) is 4.68 Å². The van der Waals surface area contributed by atoms with Crippen LogP contribution in [0, 0.1) is 13.8 Å². The molecular weight excluding hydrogens is 444 g/mol. The molecule has 1 aliphatic heterocycles. The van der Waals surface area contributed by atoms with Crippen LogP contribution in [0.25, 0.3) is 5.69 Å². The van der Waals surface area contributed by atoms with Gasteiger partial charge in [-0.15, -0.1) is 0 Å². The van der Waals surface area contributed by atoms with E-state index in [1.807, 2.05) is 40.9 Å². The van der Waals surface area contributed by atoms with E-state index in [1.165, 1.54) is 11.3 Å². The van der Waals surface area contributed by atoms with Crippen molar-refractivity contribution in [2.75, 3.05) is 26.2 Å². The molecule has 8 heteroatoms. The van der Waals surface area contributed by atoms with Gasteiger partial charge >= 0.3 is 0 Å². The van der Waals surface area contributed by atoms with Gasteiger partial charge in [0.1, 0.15) is 0 Å². The molecule has 1 fully saturated rings. The molecule has 4 rings (SSSR count). The molecule has 2 aromatic heterocycles. The topological polar surface area (TPSA) is 59.2 Å². The van der Waals surface area contributed by atoms with Gasteiger partial charge in [-0.1, -0.05) is 18.2 Å². The van der Waals surface area contributed by atoms with E-state index < -0.39 is 0 Å².